The minimum Gasteiger partial charge on any atom is -0.423 e. The SMILES string of the molecule is CN(Cc1ccc(B(O)O)cc1)C1CCOCC1. The number of hydrogen-bond acceptors (Lipinski definition) is 4. The molecule has 1 heterocycles. The van der Waals surface area contributed by atoms with E-state index in [1.54, 1.807) is 12.1 Å². The Morgan fingerprint density at radius 3 is 2.39 bits per heavy atom. The Kier molecular flexibility index (Phi) is 4.77. The fourth-order valence-corrected chi connectivity index (χ4v) is 2.34. The first-order valence-corrected chi connectivity index (χ1v) is 6.40. The third kappa shape index (κ3) is 3.56. The van der Waals surface area contributed by atoms with Crippen LogP contribution in [0.3, 0.4) is 0 Å². The van der Waals surface area contributed by atoms with Crippen LogP contribution in [0.4, 0.5) is 0 Å². The third-order valence-corrected chi connectivity index (χ3v) is 3.52. The predicted molar refractivity (Wildman–Crippen MR) is 71.6 cm³/mol. The van der Waals surface area contributed by atoms with Crippen LogP contribution in [0.25, 0.3) is 0 Å². The summed E-state index contributed by atoms with van der Waals surface area (Å²) in [6, 6.07) is 8.01. The molecule has 0 aliphatic carbocycles. The van der Waals surface area contributed by atoms with Gasteiger partial charge in [0.2, 0.25) is 0 Å². The fraction of sp³-hybridized carbons (Fsp3) is 0.538. The van der Waals surface area contributed by atoms with Gasteiger partial charge in [0.25, 0.3) is 0 Å². The first kappa shape index (κ1) is 13.6. The van der Waals surface area contributed by atoms with Crippen molar-refractivity contribution in [1.29, 1.82) is 0 Å². The molecule has 0 atom stereocenters. The van der Waals surface area contributed by atoms with E-state index in [-0.39, 0.29) is 0 Å². The summed E-state index contributed by atoms with van der Waals surface area (Å²) in [6.07, 6.45) is 2.17. The zero-order valence-electron chi connectivity index (χ0n) is 10.7. The molecule has 2 N–H and O–H groups in total. The summed E-state index contributed by atoms with van der Waals surface area (Å²) < 4.78 is 5.36. The standard InChI is InChI=1S/C13H20BNO3/c1-15(13-6-8-18-9-7-13)10-11-2-4-12(5-3-11)14(16)17/h2-5,13,16-17H,6-10H2,1H3. The van der Waals surface area contributed by atoms with Gasteiger partial charge in [0.05, 0.1) is 0 Å². The molecule has 1 aliphatic rings. The number of ether oxygens (including phenoxy) is 1. The summed E-state index contributed by atoms with van der Waals surface area (Å²) >= 11 is 0. The molecule has 5 heteroatoms. The van der Waals surface area contributed by atoms with Gasteiger partial charge in [0, 0.05) is 25.8 Å². The van der Waals surface area contributed by atoms with Crippen LogP contribution in [0.15, 0.2) is 24.3 Å². The van der Waals surface area contributed by atoms with E-state index in [2.05, 4.69) is 11.9 Å². The molecule has 0 spiro atoms. The Labute approximate surface area is 108 Å². The number of rotatable bonds is 4. The number of benzene rings is 1. The van der Waals surface area contributed by atoms with Crippen LogP contribution in [0.1, 0.15) is 18.4 Å². The Hall–Kier alpha value is -0.875. The molecule has 0 amide bonds. The second-order valence-corrected chi connectivity index (χ2v) is 4.87. The van der Waals surface area contributed by atoms with Crippen LogP contribution in [0, 0.1) is 0 Å². The van der Waals surface area contributed by atoms with Gasteiger partial charge in [-0.25, -0.2) is 0 Å². The average molecular weight is 249 g/mol. The zero-order chi connectivity index (χ0) is 13.0. The van der Waals surface area contributed by atoms with Crippen molar-refractivity contribution in [2.75, 3.05) is 20.3 Å². The Bertz CT molecular complexity index is 363. The Balaban J connectivity index is 1.91. The molecule has 1 aromatic carbocycles. The van der Waals surface area contributed by atoms with Crippen molar-refractivity contribution < 1.29 is 14.8 Å². The van der Waals surface area contributed by atoms with Crippen LogP contribution in [-0.2, 0) is 11.3 Å². The molecule has 0 bridgehead atoms. The summed E-state index contributed by atoms with van der Waals surface area (Å²) in [4.78, 5) is 2.34. The van der Waals surface area contributed by atoms with E-state index in [0.717, 1.165) is 32.6 Å². The molecule has 18 heavy (non-hydrogen) atoms. The lowest BCUT2D eigenvalue weighted by Gasteiger charge is -2.31. The van der Waals surface area contributed by atoms with Crippen molar-refractivity contribution in [3.8, 4) is 0 Å². The highest BCUT2D eigenvalue weighted by Gasteiger charge is 2.18. The van der Waals surface area contributed by atoms with Crippen LogP contribution in [-0.4, -0.2) is 48.4 Å². The molecule has 1 fully saturated rings. The third-order valence-electron chi connectivity index (χ3n) is 3.52. The van der Waals surface area contributed by atoms with Gasteiger partial charge in [-0.05, 0) is 30.9 Å². The van der Waals surface area contributed by atoms with Gasteiger partial charge in [-0.2, -0.15) is 0 Å². The summed E-state index contributed by atoms with van der Waals surface area (Å²) in [6.45, 7) is 2.59. The molecule has 98 valence electrons. The van der Waals surface area contributed by atoms with Crippen LogP contribution >= 0.6 is 0 Å². The minimum atomic E-state index is -1.38. The van der Waals surface area contributed by atoms with Gasteiger partial charge in [-0.15, -0.1) is 0 Å². The monoisotopic (exact) mass is 249 g/mol. The molecule has 4 nitrogen and oxygen atoms in total. The van der Waals surface area contributed by atoms with E-state index >= 15 is 0 Å². The molecule has 0 aromatic heterocycles. The van der Waals surface area contributed by atoms with Crippen LogP contribution in [0.2, 0.25) is 0 Å². The normalized spacial score (nSPS) is 17.1. The van der Waals surface area contributed by atoms with Gasteiger partial charge in [0.1, 0.15) is 0 Å². The van der Waals surface area contributed by atoms with Crippen molar-refractivity contribution in [3.63, 3.8) is 0 Å². The predicted octanol–water partition coefficient (Wildman–Crippen LogP) is -0.0228. The van der Waals surface area contributed by atoms with Crippen molar-refractivity contribution in [3.05, 3.63) is 29.8 Å². The van der Waals surface area contributed by atoms with Crippen LogP contribution in [0.5, 0.6) is 0 Å². The second-order valence-electron chi connectivity index (χ2n) is 4.87. The Morgan fingerprint density at radius 1 is 1.22 bits per heavy atom. The van der Waals surface area contributed by atoms with E-state index in [9.17, 15) is 0 Å². The highest BCUT2D eigenvalue weighted by Crippen LogP contribution is 2.15. The molecule has 1 aromatic rings. The first-order chi connectivity index (χ1) is 8.66. The summed E-state index contributed by atoms with van der Waals surface area (Å²) in [7, 11) is 0.748. The smallest absolute Gasteiger partial charge is 0.423 e. The van der Waals surface area contributed by atoms with Gasteiger partial charge in [-0.1, -0.05) is 24.3 Å². The summed E-state index contributed by atoms with van der Waals surface area (Å²) in [5.41, 5.74) is 1.72. The minimum absolute atomic E-state index is 0.535. The average Bonchev–Trinajstić information content (AvgIpc) is 2.40. The first-order valence-electron chi connectivity index (χ1n) is 6.40. The van der Waals surface area contributed by atoms with E-state index in [1.807, 2.05) is 12.1 Å². The maximum Gasteiger partial charge on any atom is 0.488 e. The van der Waals surface area contributed by atoms with E-state index in [0.29, 0.717) is 11.5 Å². The largest absolute Gasteiger partial charge is 0.488 e. The molecule has 0 radical (unpaired) electrons. The topological polar surface area (TPSA) is 52.9 Å². The number of hydrogen-bond donors (Lipinski definition) is 2. The van der Waals surface area contributed by atoms with Gasteiger partial charge in [0.15, 0.2) is 0 Å². The van der Waals surface area contributed by atoms with Gasteiger partial charge >= 0.3 is 7.12 Å². The lowest BCUT2D eigenvalue weighted by molar-refractivity contribution is 0.0407. The van der Waals surface area contributed by atoms with E-state index < -0.39 is 7.12 Å². The van der Waals surface area contributed by atoms with Crippen molar-refractivity contribution in [1.82, 2.24) is 4.90 Å². The molecule has 1 saturated heterocycles. The quantitative estimate of drug-likeness (QED) is 0.736. The van der Waals surface area contributed by atoms with E-state index in [4.69, 9.17) is 14.8 Å². The molecule has 1 aliphatic heterocycles. The maximum absolute atomic E-state index is 9.03. The number of nitrogens with zero attached hydrogens (tertiary/aromatic N) is 1. The highest BCUT2D eigenvalue weighted by molar-refractivity contribution is 6.58. The molecule has 0 saturated carbocycles. The molecular weight excluding hydrogens is 229 g/mol. The maximum atomic E-state index is 9.03. The van der Waals surface area contributed by atoms with E-state index in [1.165, 1.54) is 5.56 Å². The molecular formula is C13H20BNO3. The van der Waals surface area contributed by atoms with Gasteiger partial charge < -0.3 is 14.8 Å². The highest BCUT2D eigenvalue weighted by atomic mass is 16.5. The fourth-order valence-electron chi connectivity index (χ4n) is 2.34. The van der Waals surface area contributed by atoms with Crippen molar-refractivity contribution in [2.45, 2.75) is 25.4 Å². The van der Waals surface area contributed by atoms with Crippen LogP contribution < -0.4 is 5.46 Å². The molecule has 2 rings (SSSR count). The van der Waals surface area contributed by atoms with Crippen molar-refractivity contribution >= 4 is 12.6 Å². The molecule has 0 unspecified atom stereocenters. The lowest BCUT2D eigenvalue weighted by atomic mass is 9.80. The van der Waals surface area contributed by atoms with Gasteiger partial charge in [-0.3, -0.25) is 4.90 Å². The second kappa shape index (κ2) is 6.34. The lowest BCUT2D eigenvalue weighted by Crippen LogP contribution is -2.36. The summed E-state index contributed by atoms with van der Waals surface area (Å²) in [5, 5.41) is 18.1. The zero-order valence-corrected chi connectivity index (χ0v) is 10.7. The summed E-state index contributed by atoms with van der Waals surface area (Å²) in [5.74, 6) is 0. The van der Waals surface area contributed by atoms with Crippen molar-refractivity contribution in [2.24, 2.45) is 0 Å². The Morgan fingerprint density at radius 2 is 1.83 bits per heavy atom.